The number of rotatable bonds is 3. The molecule has 2 heteroatoms. The summed E-state index contributed by atoms with van der Waals surface area (Å²) in [5.41, 5.74) is 1.07. The number of hydrogen-bond acceptors (Lipinski definition) is 2. The van der Waals surface area contributed by atoms with Gasteiger partial charge in [-0.2, -0.15) is 0 Å². The molecule has 0 aromatic rings. The molecule has 2 nitrogen and oxygen atoms in total. The van der Waals surface area contributed by atoms with Crippen LogP contribution in [0.25, 0.3) is 0 Å². The third kappa shape index (κ3) is 2.91. The minimum atomic E-state index is -0.206. The van der Waals surface area contributed by atoms with Crippen LogP contribution in [-0.4, -0.2) is 12.6 Å². The van der Waals surface area contributed by atoms with Crippen LogP contribution < -0.4 is 0 Å². The molecule has 0 bridgehead atoms. The third-order valence-corrected chi connectivity index (χ3v) is 1.62. The lowest BCUT2D eigenvalue weighted by Crippen LogP contribution is -1.91. The standard InChI is InChI=1S/C10H14O2/c1-8(2)4-3-5-9-6-10(11)12-7-9/h3-4,6,8H,5,7H2,1-2H3/b4-3+. The Labute approximate surface area is 72.9 Å². The Bertz CT molecular complexity index is 224. The number of ether oxygens (including phenoxy) is 1. The highest BCUT2D eigenvalue weighted by atomic mass is 16.5. The molecular formula is C10H14O2. The first-order chi connectivity index (χ1) is 5.68. The Balaban J connectivity index is 2.33. The van der Waals surface area contributed by atoms with Crippen molar-refractivity contribution in [1.82, 2.24) is 0 Å². The molecule has 0 fully saturated rings. The Morgan fingerprint density at radius 3 is 2.92 bits per heavy atom. The van der Waals surface area contributed by atoms with E-state index in [0.717, 1.165) is 12.0 Å². The summed E-state index contributed by atoms with van der Waals surface area (Å²) in [6.07, 6.45) is 6.62. The lowest BCUT2D eigenvalue weighted by atomic mass is 10.1. The van der Waals surface area contributed by atoms with E-state index in [1.54, 1.807) is 6.08 Å². The summed E-state index contributed by atoms with van der Waals surface area (Å²) in [5, 5.41) is 0. The number of esters is 1. The fraction of sp³-hybridized carbons (Fsp3) is 0.500. The van der Waals surface area contributed by atoms with Crippen LogP contribution in [0, 0.1) is 5.92 Å². The van der Waals surface area contributed by atoms with Gasteiger partial charge in [-0.05, 0) is 17.9 Å². The Morgan fingerprint density at radius 2 is 2.42 bits per heavy atom. The lowest BCUT2D eigenvalue weighted by Gasteiger charge is -1.95. The maximum atomic E-state index is 10.6. The molecule has 0 radical (unpaired) electrons. The molecule has 0 saturated heterocycles. The van der Waals surface area contributed by atoms with Crippen molar-refractivity contribution in [2.24, 2.45) is 5.92 Å². The van der Waals surface area contributed by atoms with E-state index in [-0.39, 0.29) is 5.97 Å². The van der Waals surface area contributed by atoms with E-state index in [0.29, 0.717) is 12.5 Å². The molecule has 0 aromatic heterocycles. The fourth-order valence-corrected chi connectivity index (χ4v) is 1.02. The van der Waals surface area contributed by atoms with Gasteiger partial charge in [-0.25, -0.2) is 4.79 Å². The first-order valence-corrected chi connectivity index (χ1v) is 4.21. The summed E-state index contributed by atoms with van der Waals surface area (Å²) in [5.74, 6) is 0.367. The summed E-state index contributed by atoms with van der Waals surface area (Å²) in [6.45, 7) is 4.73. The van der Waals surface area contributed by atoms with Crippen LogP contribution >= 0.6 is 0 Å². The molecule has 0 unspecified atom stereocenters. The molecule has 0 saturated carbocycles. The van der Waals surface area contributed by atoms with Crippen LogP contribution in [0.1, 0.15) is 20.3 Å². The largest absolute Gasteiger partial charge is 0.458 e. The van der Waals surface area contributed by atoms with Gasteiger partial charge in [0.05, 0.1) is 0 Å². The summed E-state index contributed by atoms with van der Waals surface area (Å²) in [6, 6.07) is 0. The van der Waals surface area contributed by atoms with Crippen molar-refractivity contribution in [2.45, 2.75) is 20.3 Å². The van der Waals surface area contributed by atoms with Crippen LogP contribution in [0.3, 0.4) is 0 Å². The molecule has 66 valence electrons. The molecule has 1 rings (SSSR count). The van der Waals surface area contributed by atoms with Gasteiger partial charge in [0.25, 0.3) is 0 Å². The van der Waals surface area contributed by atoms with Crippen molar-refractivity contribution in [3.63, 3.8) is 0 Å². The van der Waals surface area contributed by atoms with E-state index in [9.17, 15) is 4.79 Å². The van der Waals surface area contributed by atoms with Gasteiger partial charge in [0, 0.05) is 6.08 Å². The number of allylic oxidation sites excluding steroid dienone is 2. The van der Waals surface area contributed by atoms with Crippen molar-refractivity contribution < 1.29 is 9.53 Å². The highest BCUT2D eigenvalue weighted by molar-refractivity contribution is 5.85. The zero-order valence-electron chi connectivity index (χ0n) is 7.54. The summed E-state index contributed by atoms with van der Waals surface area (Å²) >= 11 is 0. The predicted molar refractivity (Wildman–Crippen MR) is 47.6 cm³/mol. The molecule has 0 spiro atoms. The van der Waals surface area contributed by atoms with Gasteiger partial charge >= 0.3 is 5.97 Å². The van der Waals surface area contributed by atoms with Gasteiger partial charge in [0.15, 0.2) is 0 Å². The highest BCUT2D eigenvalue weighted by Crippen LogP contribution is 2.11. The second-order valence-electron chi connectivity index (χ2n) is 3.29. The van der Waals surface area contributed by atoms with E-state index in [4.69, 9.17) is 4.74 Å². The van der Waals surface area contributed by atoms with Crippen LogP contribution in [0.2, 0.25) is 0 Å². The van der Waals surface area contributed by atoms with Crippen molar-refractivity contribution in [2.75, 3.05) is 6.61 Å². The van der Waals surface area contributed by atoms with Crippen molar-refractivity contribution in [3.05, 3.63) is 23.8 Å². The van der Waals surface area contributed by atoms with E-state index < -0.39 is 0 Å². The predicted octanol–water partition coefficient (Wildman–Crippen LogP) is 2.07. The molecule has 0 aromatic carbocycles. The maximum absolute atomic E-state index is 10.6. The van der Waals surface area contributed by atoms with Gasteiger partial charge in [0.2, 0.25) is 0 Å². The molecule has 1 heterocycles. The molecular weight excluding hydrogens is 152 g/mol. The topological polar surface area (TPSA) is 26.3 Å². The average molecular weight is 166 g/mol. The van der Waals surface area contributed by atoms with E-state index in [1.807, 2.05) is 0 Å². The van der Waals surface area contributed by atoms with Gasteiger partial charge in [-0.1, -0.05) is 26.0 Å². The number of cyclic esters (lactones) is 1. The Morgan fingerprint density at radius 1 is 1.67 bits per heavy atom. The van der Waals surface area contributed by atoms with Crippen molar-refractivity contribution in [1.29, 1.82) is 0 Å². The van der Waals surface area contributed by atoms with Crippen LogP contribution in [-0.2, 0) is 9.53 Å². The van der Waals surface area contributed by atoms with Gasteiger partial charge in [-0.15, -0.1) is 0 Å². The van der Waals surface area contributed by atoms with Crippen LogP contribution in [0.5, 0.6) is 0 Å². The summed E-state index contributed by atoms with van der Waals surface area (Å²) < 4.78 is 4.76. The second kappa shape index (κ2) is 4.10. The zero-order chi connectivity index (χ0) is 8.97. The number of hydrogen-bond donors (Lipinski definition) is 0. The molecule has 0 aliphatic carbocycles. The zero-order valence-corrected chi connectivity index (χ0v) is 7.54. The van der Waals surface area contributed by atoms with Gasteiger partial charge < -0.3 is 4.74 Å². The van der Waals surface area contributed by atoms with Crippen LogP contribution in [0.15, 0.2) is 23.8 Å². The SMILES string of the molecule is CC(C)/C=C/CC1=CC(=O)OC1. The second-order valence-corrected chi connectivity index (χ2v) is 3.29. The van der Waals surface area contributed by atoms with Gasteiger partial charge in [0.1, 0.15) is 6.61 Å². The molecule has 0 atom stereocenters. The Kier molecular flexibility index (Phi) is 3.09. The number of carbonyl (C=O) groups excluding carboxylic acids is 1. The maximum Gasteiger partial charge on any atom is 0.331 e. The van der Waals surface area contributed by atoms with E-state index in [2.05, 4.69) is 26.0 Å². The molecule has 12 heavy (non-hydrogen) atoms. The van der Waals surface area contributed by atoms with Crippen LogP contribution in [0.4, 0.5) is 0 Å². The minimum Gasteiger partial charge on any atom is -0.458 e. The van der Waals surface area contributed by atoms with Gasteiger partial charge in [-0.3, -0.25) is 0 Å². The minimum absolute atomic E-state index is 0.206. The lowest BCUT2D eigenvalue weighted by molar-refractivity contribution is -0.134. The summed E-state index contributed by atoms with van der Waals surface area (Å²) in [4.78, 5) is 10.6. The van der Waals surface area contributed by atoms with Crippen molar-refractivity contribution in [3.8, 4) is 0 Å². The van der Waals surface area contributed by atoms with E-state index in [1.165, 1.54) is 0 Å². The normalized spacial score (nSPS) is 17.2. The Hall–Kier alpha value is -1.05. The van der Waals surface area contributed by atoms with Crippen molar-refractivity contribution >= 4 is 5.97 Å². The molecule has 0 amide bonds. The summed E-state index contributed by atoms with van der Waals surface area (Å²) in [7, 11) is 0. The highest BCUT2D eigenvalue weighted by Gasteiger charge is 2.10. The fourth-order valence-electron chi connectivity index (χ4n) is 1.02. The smallest absolute Gasteiger partial charge is 0.331 e. The first kappa shape index (κ1) is 9.04. The molecule has 1 aliphatic heterocycles. The monoisotopic (exact) mass is 166 g/mol. The first-order valence-electron chi connectivity index (χ1n) is 4.21. The molecule has 0 N–H and O–H groups in total. The average Bonchev–Trinajstić information content (AvgIpc) is 2.35. The quantitative estimate of drug-likeness (QED) is 0.474. The number of carbonyl (C=O) groups is 1. The third-order valence-electron chi connectivity index (χ3n) is 1.62. The molecule has 1 aliphatic rings. The van der Waals surface area contributed by atoms with E-state index >= 15 is 0 Å².